The van der Waals surface area contributed by atoms with Crippen LogP contribution < -0.4 is 5.32 Å². The van der Waals surface area contributed by atoms with Crippen molar-refractivity contribution in [1.29, 1.82) is 0 Å². The maximum Gasteiger partial charge on any atom is 0.0621 e. The Morgan fingerprint density at radius 2 is 2.00 bits per heavy atom. The lowest BCUT2D eigenvalue weighted by molar-refractivity contribution is 0.0558. The molecule has 0 bridgehead atoms. The molecule has 1 N–H and O–H groups in total. The van der Waals surface area contributed by atoms with Gasteiger partial charge >= 0.3 is 0 Å². The van der Waals surface area contributed by atoms with Gasteiger partial charge in [0.15, 0.2) is 0 Å². The van der Waals surface area contributed by atoms with Gasteiger partial charge < -0.3 is 10.1 Å². The molecule has 0 aromatic rings. The smallest absolute Gasteiger partial charge is 0.0621 e. The van der Waals surface area contributed by atoms with E-state index < -0.39 is 0 Å². The van der Waals surface area contributed by atoms with E-state index in [0.717, 1.165) is 31.5 Å². The Balaban J connectivity index is 2.29. The molecule has 1 aliphatic heterocycles. The van der Waals surface area contributed by atoms with Crippen molar-refractivity contribution >= 4 is 0 Å². The fourth-order valence-corrected chi connectivity index (χ4v) is 2.31. The Labute approximate surface area is 101 Å². The highest BCUT2D eigenvalue weighted by atomic mass is 16.5. The van der Waals surface area contributed by atoms with Crippen LogP contribution in [0.25, 0.3) is 0 Å². The largest absolute Gasteiger partial charge is 0.378 e. The normalized spacial score (nSPS) is 26.6. The highest BCUT2D eigenvalue weighted by Crippen LogP contribution is 2.31. The highest BCUT2D eigenvalue weighted by molar-refractivity contribution is 4.82. The van der Waals surface area contributed by atoms with Gasteiger partial charge in [-0.1, -0.05) is 34.6 Å². The average Bonchev–Trinajstić information content (AvgIpc) is 2.49. The second kappa shape index (κ2) is 6.02. The lowest BCUT2D eigenvalue weighted by atomic mass is 9.84. The molecule has 0 aromatic heterocycles. The third kappa shape index (κ3) is 5.31. The van der Waals surface area contributed by atoms with Gasteiger partial charge in [0, 0.05) is 13.2 Å². The first kappa shape index (κ1) is 14.0. The van der Waals surface area contributed by atoms with Crippen LogP contribution in [0.15, 0.2) is 0 Å². The molecule has 0 saturated carbocycles. The zero-order chi connectivity index (χ0) is 12.2. The van der Waals surface area contributed by atoms with E-state index in [1.165, 1.54) is 12.8 Å². The number of hydrogen-bond acceptors (Lipinski definition) is 2. The van der Waals surface area contributed by atoms with Gasteiger partial charge in [0.05, 0.1) is 6.10 Å². The molecule has 0 amide bonds. The average molecular weight is 227 g/mol. The number of nitrogens with one attached hydrogen (secondary N) is 1. The molecular weight excluding hydrogens is 198 g/mol. The first-order valence-electron chi connectivity index (χ1n) is 6.71. The van der Waals surface area contributed by atoms with Crippen LogP contribution in [-0.4, -0.2) is 25.8 Å². The summed E-state index contributed by atoms with van der Waals surface area (Å²) >= 11 is 0. The molecule has 0 aliphatic carbocycles. The highest BCUT2D eigenvalue weighted by Gasteiger charge is 2.31. The van der Waals surface area contributed by atoms with Gasteiger partial charge in [0.25, 0.3) is 0 Å². The molecule has 1 rings (SSSR count). The third-order valence-corrected chi connectivity index (χ3v) is 3.12. The van der Waals surface area contributed by atoms with E-state index in [1.807, 2.05) is 0 Å². The molecule has 96 valence electrons. The Hall–Kier alpha value is -0.0800. The van der Waals surface area contributed by atoms with Crippen LogP contribution in [0.4, 0.5) is 0 Å². The van der Waals surface area contributed by atoms with Gasteiger partial charge in [-0.15, -0.1) is 0 Å². The Morgan fingerprint density at radius 1 is 1.31 bits per heavy atom. The van der Waals surface area contributed by atoms with E-state index in [1.54, 1.807) is 0 Å². The van der Waals surface area contributed by atoms with E-state index in [0.29, 0.717) is 11.5 Å². The van der Waals surface area contributed by atoms with E-state index >= 15 is 0 Å². The van der Waals surface area contributed by atoms with E-state index in [-0.39, 0.29) is 0 Å². The van der Waals surface area contributed by atoms with Gasteiger partial charge in [-0.25, -0.2) is 0 Å². The fraction of sp³-hybridized carbons (Fsp3) is 1.00. The molecule has 2 atom stereocenters. The van der Waals surface area contributed by atoms with E-state index in [9.17, 15) is 0 Å². The topological polar surface area (TPSA) is 21.3 Å². The summed E-state index contributed by atoms with van der Waals surface area (Å²) in [4.78, 5) is 0. The van der Waals surface area contributed by atoms with Crippen molar-refractivity contribution in [3.8, 4) is 0 Å². The zero-order valence-electron chi connectivity index (χ0n) is 11.7. The minimum Gasteiger partial charge on any atom is -0.378 e. The Morgan fingerprint density at radius 3 is 2.56 bits per heavy atom. The SMILES string of the molecule is CC(C)CNCC1CCOC1CC(C)(C)C. The molecule has 0 spiro atoms. The summed E-state index contributed by atoms with van der Waals surface area (Å²) in [5, 5.41) is 3.56. The first-order valence-corrected chi connectivity index (χ1v) is 6.71. The van der Waals surface area contributed by atoms with Crippen molar-refractivity contribution in [1.82, 2.24) is 5.32 Å². The quantitative estimate of drug-likeness (QED) is 0.779. The van der Waals surface area contributed by atoms with Crippen LogP contribution in [0.2, 0.25) is 0 Å². The molecule has 0 aromatic carbocycles. The van der Waals surface area contributed by atoms with Crippen LogP contribution in [0, 0.1) is 17.3 Å². The molecule has 0 radical (unpaired) electrons. The van der Waals surface area contributed by atoms with Crippen LogP contribution in [0.1, 0.15) is 47.5 Å². The Bertz CT molecular complexity index is 195. The van der Waals surface area contributed by atoms with Gasteiger partial charge in [0.1, 0.15) is 0 Å². The van der Waals surface area contributed by atoms with Gasteiger partial charge in [0.2, 0.25) is 0 Å². The second-order valence-corrected chi connectivity index (χ2v) is 6.77. The van der Waals surface area contributed by atoms with Gasteiger partial charge in [-0.2, -0.15) is 0 Å². The van der Waals surface area contributed by atoms with Crippen LogP contribution in [0.5, 0.6) is 0 Å². The molecule has 1 fully saturated rings. The van der Waals surface area contributed by atoms with Crippen molar-refractivity contribution in [3.05, 3.63) is 0 Å². The van der Waals surface area contributed by atoms with Crippen molar-refractivity contribution in [2.45, 2.75) is 53.6 Å². The summed E-state index contributed by atoms with van der Waals surface area (Å²) in [7, 11) is 0. The van der Waals surface area contributed by atoms with Crippen molar-refractivity contribution < 1.29 is 4.74 Å². The van der Waals surface area contributed by atoms with Crippen molar-refractivity contribution in [3.63, 3.8) is 0 Å². The molecule has 2 nitrogen and oxygen atoms in total. The molecule has 1 heterocycles. The Kier molecular flexibility index (Phi) is 5.26. The summed E-state index contributed by atoms with van der Waals surface area (Å²) in [5.74, 6) is 1.46. The van der Waals surface area contributed by atoms with Gasteiger partial charge in [-0.05, 0) is 36.6 Å². The summed E-state index contributed by atoms with van der Waals surface area (Å²) in [6.07, 6.45) is 2.88. The predicted octanol–water partition coefficient (Wildman–Crippen LogP) is 3.07. The fourth-order valence-electron chi connectivity index (χ4n) is 2.31. The summed E-state index contributed by atoms with van der Waals surface area (Å²) in [6.45, 7) is 14.6. The molecule has 2 heteroatoms. The third-order valence-electron chi connectivity index (χ3n) is 3.12. The van der Waals surface area contributed by atoms with Crippen molar-refractivity contribution in [2.24, 2.45) is 17.3 Å². The first-order chi connectivity index (χ1) is 7.38. The van der Waals surface area contributed by atoms with Crippen LogP contribution >= 0.6 is 0 Å². The lowest BCUT2D eigenvalue weighted by Crippen LogP contribution is -2.32. The van der Waals surface area contributed by atoms with Crippen LogP contribution in [-0.2, 0) is 4.74 Å². The standard InChI is InChI=1S/C14H29NO/c1-11(2)9-15-10-12-6-7-16-13(12)8-14(3,4)5/h11-13,15H,6-10H2,1-5H3. The molecule has 1 saturated heterocycles. The monoisotopic (exact) mass is 227 g/mol. The number of ether oxygens (including phenoxy) is 1. The maximum absolute atomic E-state index is 5.86. The second-order valence-electron chi connectivity index (χ2n) is 6.77. The predicted molar refractivity (Wildman–Crippen MR) is 69.6 cm³/mol. The lowest BCUT2D eigenvalue weighted by Gasteiger charge is -2.27. The van der Waals surface area contributed by atoms with Crippen LogP contribution in [0.3, 0.4) is 0 Å². The van der Waals surface area contributed by atoms with E-state index in [2.05, 4.69) is 39.9 Å². The summed E-state index contributed by atoms with van der Waals surface area (Å²) in [6, 6.07) is 0. The minimum atomic E-state index is 0.380. The molecular formula is C14H29NO. The van der Waals surface area contributed by atoms with E-state index in [4.69, 9.17) is 4.74 Å². The summed E-state index contributed by atoms with van der Waals surface area (Å²) < 4.78 is 5.86. The van der Waals surface area contributed by atoms with Gasteiger partial charge in [-0.3, -0.25) is 0 Å². The molecule has 1 aliphatic rings. The zero-order valence-corrected chi connectivity index (χ0v) is 11.7. The maximum atomic E-state index is 5.86. The summed E-state index contributed by atoms with van der Waals surface area (Å²) in [5.41, 5.74) is 0.380. The minimum absolute atomic E-state index is 0.380. The molecule has 16 heavy (non-hydrogen) atoms. The number of rotatable bonds is 5. The number of hydrogen-bond donors (Lipinski definition) is 1. The van der Waals surface area contributed by atoms with Crippen molar-refractivity contribution in [2.75, 3.05) is 19.7 Å². The molecule has 2 unspecified atom stereocenters.